The summed E-state index contributed by atoms with van der Waals surface area (Å²) in [5, 5.41) is 18.0. The lowest BCUT2D eigenvalue weighted by Crippen LogP contribution is -2.55. The van der Waals surface area contributed by atoms with Crippen LogP contribution in [-0.4, -0.2) is 100.0 Å². The number of hydrogen-bond donors (Lipinski definition) is 3. The Morgan fingerprint density at radius 2 is 1.77 bits per heavy atom. The minimum atomic E-state index is -4.86. The Bertz CT molecular complexity index is 2300. The zero-order chi connectivity index (χ0) is 43.1. The Kier molecular flexibility index (Phi) is 13.2. The van der Waals surface area contributed by atoms with Crippen LogP contribution in [0.3, 0.4) is 0 Å². The number of nitrogens with zero attached hydrogens (tertiary/aromatic N) is 6. The minimum absolute atomic E-state index is 0. The Hall–Kier alpha value is -5.06. The van der Waals surface area contributed by atoms with Gasteiger partial charge in [-0.1, -0.05) is 18.5 Å². The molecular weight excluding hydrogens is 858 g/mol. The number of aromatic nitrogens is 1. The standard InChI is InChI=1S/C41H43ClF3N9O5S.ClH/c1-4-24-17-28(54-38(60)53(37(58)39(54,2)3)29-21-30(41(43,44)45)32(22-46)47-23-29)5-7-33(24)59-16-15-51-11-13-52(14-12-51)40(9-10-40)36(57)49-27-19-25(42)18-26(20-27)48-31-6-8-34(55)50-35(31)56;/h5,7,17-21,23,31,48H,4,6,8-16H2,1-3H3,(H,49,57)(H,50,55,56);1H. The fourth-order valence-electron chi connectivity index (χ4n) is 7.97. The first kappa shape index (κ1) is 45.5. The molecule has 4 amide bonds. The Labute approximate surface area is 367 Å². The maximum absolute atomic E-state index is 13.8. The van der Waals surface area contributed by atoms with Crippen LogP contribution in [0.1, 0.15) is 63.3 Å². The number of alkyl halides is 3. The molecule has 20 heteroatoms. The lowest BCUT2D eigenvalue weighted by atomic mass is 10.0. The van der Waals surface area contributed by atoms with E-state index in [-0.39, 0.29) is 41.4 Å². The Balaban J connectivity index is 0.00000622. The number of nitrogens with one attached hydrogen (secondary N) is 3. The number of imide groups is 1. The SMILES string of the molecule is CCc1cc(N2C(=S)N(c3cnc(C#N)c(C(F)(F)F)c3)C(=O)C2(C)C)ccc1OCCN1CCN(C2(C(=O)Nc3cc(Cl)cc(NC4CCC(=O)NC4=O)c3)CC2)CC1.Cl. The number of piperidine rings is 1. The van der Waals surface area contributed by atoms with Gasteiger partial charge in [0.2, 0.25) is 17.7 Å². The van der Waals surface area contributed by atoms with Crippen LogP contribution in [-0.2, 0) is 31.8 Å². The van der Waals surface area contributed by atoms with E-state index < -0.39 is 46.4 Å². The van der Waals surface area contributed by atoms with Crippen LogP contribution in [0.2, 0.25) is 5.02 Å². The molecule has 7 rings (SSSR count). The van der Waals surface area contributed by atoms with E-state index in [1.807, 2.05) is 13.0 Å². The summed E-state index contributed by atoms with van der Waals surface area (Å²) in [5.74, 6) is -0.710. The van der Waals surface area contributed by atoms with E-state index in [1.54, 1.807) is 49.1 Å². The van der Waals surface area contributed by atoms with Crippen LogP contribution in [0.25, 0.3) is 0 Å². The van der Waals surface area contributed by atoms with Gasteiger partial charge in [0.1, 0.15) is 35.5 Å². The predicted molar refractivity (Wildman–Crippen MR) is 229 cm³/mol. The van der Waals surface area contributed by atoms with Crippen molar-refractivity contribution in [1.82, 2.24) is 20.1 Å². The molecule has 4 aliphatic rings. The van der Waals surface area contributed by atoms with Crippen molar-refractivity contribution in [3.05, 3.63) is 70.5 Å². The van der Waals surface area contributed by atoms with Gasteiger partial charge in [-0.2, -0.15) is 18.4 Å². The van der Waals surface area contributed by atoms with Crippen molar-refractivity contribution in [3.63, 3.8) is 0 Å². The first-order valence-electron chi connectivity index (χ1n) is 19.6. The van der Waals surface area contributed by atoms with Crippen LogP contribution >= 0.6 is 36.2 Å². The molecule has 2 aromatic carbocycles. The molecular formula is C41H44Cl2F3N9O5S. The molecule has 1 unspecified atom stereocenters. The molecule has 61 heavy (non-hydrogen) atoms. The third-order valence-electron chi connectivity index (χ3n) is 11.4. The summed E-state index contributed by atoms with van der Waals surface area (Å²) in [4.78, 5) is 61.9. The van der Waals surface area contributed by atoms with E-state index in [4.69, 9.17) is 28.6 Å². The van der Waals surface area contributed by atoms with Gasteiger partial charge < -0.3 is 20.3 Å². The normalized spacial score (nSPS) is 20.1. The molecule has 3 saturated heterocycles. The van der Waals surface area contributed by atoms with E-state index in [0.717, 1.165) is 48.7 Å². The second-order valence-electron chi connectivity index (χ2n) is 15.7. The molecule has 1 aliphatic carbocycles. The molecule has 3 aliphatic heterocycles. The molecule has 324 valence electrons. The summed E-state index contributed by atoms with van der Waals surface area (Å²) in [7, 11) is 0. The molecule has 4 fully saturated rings. The van der Waals surface area contributed by atoms with Crippen LogP contribution in [0, 0.1) is 11.3 Å². The van der Waals surface area contributed by atoms with Crippen molar-refractivity contribution in [3.8, 4) is 11.8 Å². The molecule has 1 atom stereocenters. The van der Waals surface area contributed by atoms with Gasteiger partial charge in [0.25, 0.3) is 5.91 Å². The van der Waals surface area contributed by atoms with Crippen molar-refractivity contribution in [1.29, 1.82) is 5.26 Å². The third-order valence-corrected chi connectivity index (χ3v) is 12.0. The Morgan fingerprint density at radius 1 is 1.07 bits per heavy atom. The summed E-state index contributed by atoms with van der Waals surface area (Å²) in [6, 6.07) is 12.0. The van der Waals surface area contributed by atoms with Gasteiger partial charge in [-0.3, -0.25) is 39.2 Å². The number of carbonyl (C=O) groups excluding carboxylic acids is 4. The lowest BCUT2D eigenvalue weighted by Gasteiger charge is -2.39. The number of piperazine rings is 1. The van der Waals surface area contributed by atoms with Gasteiger partial charge in [0.05, 0.1) is 17.4 Å². The number of benzene rings is 2. The van der Waals surface area contributed by atoms with E-state index in [0.29, 0.717) is 66.9 Å². The van der Waals surface area contributed by atoms with Crippen LogP contribution in [0.5, 0.6) is 5.75 Å². The first-order valence-corrected chi connectivity index (χ1v) is 20.4. The van der Waals surface area contributed by atoms with Crippen molar-refractivity contribution < 1.29 is 37.1 Å². The molecule has 1 aromatic heterocycles. The molecule has 0 spiro atoms. The molecule has 0 bridgehead atoms. The number of amides is 4. The number of pyridine rings is 1. The zero-order valence-electron chi connectivity index (χ0n) is 33.5. The van der Waals surface area contributed by atoms with Crippen LogP contribution in [0.4, 0.5) is 35.9 Å². The fraction of sp³-hybridized carbons (Fsp3) is 0.439. The van der Waals surface area contributed by atoms with Gasteiger partial charge >= 0.3 is 6.18 Å². The number of rotatable bonds is 12. The maximum Gasteiger partial charge on any atom is 0.419 e. The van der Waals surface area contributed by atoms with E-state index in [1.165, 1.54) is 6.07 Å². The van der Waals surface area contributed by atoms with E-state index >= 15 is 0 Å². The lowest BCUT2D eigenvalue weighted by molar-refractivity contribution is -0.138. The van der Waals surface area contributed by atoms with E-state index in [9.17, 15) is 37.6 Å². The van der Waals surface area contributed by atoms with Crippen LogP contribution < -0.4 is 30.5 Å². The smallest absolute Gasteiger partial charge is 0.419 e. The van der Waals surface area contributed by atoms with Gasteiger partial charge in [0.15, 0.2) is 10.8 Å². The summed E-state index contributed by atoms with van der Waals surface area (Å²) in [6.45, 7) is 9.14. The maximum atomic E-state index is 13.8. The van der Waals surface area contributed by atoms with Crippen molar-refractivity contribution in [2.45, 2.75) is 76.2 Å². The van der Waals surface area contributed by atoms with Crippen LogP contribution in [0.15, 0.2) is 48.7 Å². The van der Waals surface area contributed by atoms with Crippen molar-refractivity contribution in [2.75, 3.05) is 59.8 Å². The van der Waals surface area contributed by atoms with Gasteiger partial charge in [0, 0.05) is 61.2 Å². The monoisotopic (exact) mass is 901 g/mol. The fourth-order valence-corrected chi connectivity index (χ4v) is 8.73. The summed E-state index contributed by atoms with van der Waals surface area (Å²) in [6.07, 6.45) is -1.18. The van der Waals surface area contributed by atoms with Gasteiger partial charge in [-0.05, 0) is 99.8 Å². The highest BCUT2D eigenvalue weighted by Gasteiger charge is 2.55. The second kappa shape index (κ2) is 17.7. The topological polar surface area (TPSA) is 163 Å². The number of aryl methyl sites for hydroxylation is 1. The highest BCUT2D eigenvalue weighted by Crippen LogP contribution is 2.44. The average Bonchev–Trinajstić information content (AvgIpc) is 3.99. The molecule has 0 radical (unpaired) electrons. The predicted octanol–water partition coefficient (Wildman–Crippen LogP) is 5.91. The number of hydrogen-bond acceptors (Lipinski definition) is 11. The molecule has 14 nitrogen and oxygen atoms in total. The average molecular weight is 903 g/mol. The number of thiocarbonyl (C=S) groups is 1. The first-order chi connectivity index (χ1) is 28.4. The quantitative estimate of drug-likeness (QED) is 0.146. The second-order valence-corrected chi connectivity index (χ2v) is 16.5. The van der Waals surface area contributed by atoms with Gasteiger partial charge in [-0.15, -0.1) is 12.4 Å². The van der Waals surface area contributed by atoms with Crippen molar-refractivity contribution in [2.24, 2.45) is 0 Å². The molecule has 3 N–H and O–H groups in total. The zero-order valence-corrected chi connectivity index (χ0v) is 35.9. The summed E-state index contributed by atoms with van der Waals surface area (Å²) >= 11 is 12.1. The largest absolute Gasteiger partial charge is 0.492 e. The van der Waals surface area contributed by atoms with E-state index in [2.05, 4.69) is 30.7 Å². The number of anilines is 4. The highest BCUT2D eigenvalue weighted by atomic mass is 35.5. The Morgan fingerprint density at radius 3 is 2.41 bits per heavy atom. The third kappa shape index (κ3) is 9.26. The molecule has 3 aromatic rings. The van der Waals surface area contributed by atoms with Crippen molar-refractivity contribution >= 4 is 87.7 Å². The number of halogens is 5. The minimum Gasteiger partial charge on any atom is -0.492 e. The summed E-state index contributed by atoms with van der Waals surface area (Å²) < 4.78 is 47.5. The van der Waals surface area contributed by atoms with Gasteiger partial charge in [-0.25, -0.2) is 4.98 Å². The number of ether oxygens (including phenoxy) is 1. The number of carbonyl (C=O) groups is 4. The summed E-state index contributed by atoms with van der Waals surface area (Å²) in [5.41, 5.74) is -1.62. The number of nitriles is 1. The highest BCUT2D eigenvalue weighted by molar-refractivity contribution is 7.81. The molecule has 1 saturated carbocycles. The molecule has 4 heterocycles.